The van der Waals surface area contributed by atoms with Crippen molar-refractivity contribution < 1.29 is 0 Å². The van der Waals surface area contributed by atoms with E-state index in [1.165, 1.54) is 0 Å². The van der Waals surface area contributed by atoms with Crippen molar-refractivity contribution in [2.45, 2.75) is 24.8 Å². The summed E-state index contributed by atoms with van der Waals surface area (Å²) in [5.74, 6) is 0.794. The molecule has 0 bridgehead atoms. The van der Waals surface area contributed by atoms with Gasteiger partial charge < -0.3 is 10.7 Å². The second-order valence-electron chi connectivity index (χ2n) is 4.57. The molecule has 0 aromatic carbocycles. The van der Waals surface area contributed by atoms with E-state index in [9.17, 15) is 0 Å². The van der Waals surface area contributed by atoms with Crippen molar-refractivity contribution in [3.05, 3.63) is 18.5 Å². The summed E-state index contributed by atoms with van der Waals surface area (Å²) in [4.78, 5) is 11.4. The Morgan fingerprint density at radius 2 is 2.18 bits per heavy atom. The van der Waals surface area contributed by atoms with Crippen LogP contribution in [0.2, 0.25) is 0 Å². The van der Waals surface area contributed by atoms with Crippen LogP contribution >= 0.6 is 0 Å². The predicted molar refractivity (Wildman–Crippen MR) is 60.2 cm³/mol. The van der Waals surface area contributed by atoms with Crippen molar-refractivity contribution in [1.29, 1.82) is 0 Å². The van der Waals surface area contributed by atoms with Gasteiger partial charge in [-0.1, -0.05) is 0 Å². The molecule has 3 aromatic heterocycles. The molecule has 1 aliphatic carbocycles. The standard InChI is InChI=1S/C10H11N7/c11-10(2-1-3-10)9-16-15-8-6-7(13-4-12-6)14-5-17(8)9/h4-5H,1-3,11H2,(H,12,13). The van der Waals surface area contributed by atoms with Gasteiger partial charge in [0.05, 0.1) is 11.9 Å². The third-order valence-corrected chi connectivity index (χ3v) is 3.53. The van der Waals surface area contributed by atoms with Crippen LogP contribution in [0.3, 0.4) is 0 Å². The van der Waals surface area contributed by atoms with Gasteiger partial charge in [0.2, 0.25) is 0 Å². The fourth-order valence-corrected chi connectivity index (χ4v) is 2.35. The highest BCUT2D eigenvalue weighted by molar-refractivity contribution is 5.84. The molecule has 7 heteroatoms. The van der Waals surface area contributed by atoms with Gasteiger partial charge >= 0.3 is 0 Å². The highest BCUT2D eigenvalue weighted by atomic mass is 15.3. The number of nitrogens with two attached hydrogens (primary N) is 1. The number of nitrogens with one attached hydrogen (secondary N) is 1. The summed E-state index contributed by atoms with van der Waals surface area (Å²) < 4.78 is 1.86. The van der Waals surface area contributed by atoms with Crippen LogP contribution in [0.25, 0.3) is 16.8 Å². The highest BCUT2D eigenvalue weighted by Crippen LogP contribution is 2.37. The molecule has 17 heavy (non-hydrogen) atoms. The summed E-state index contributed by atoms with van der Waals surface area (Å²) >= 11 is 0. The van der Waals surface area contributed by atoms with E-state index in [4.69, 9.17) is 5.73 Å². The van der Waals surface area contributed by atoms with Crippen LogP contribution in [0.15, 0.2) is 12.7 Å². The van der Waals surface area contributed by atoms with E-state index in [1.807, 2.05) is 4.40 Å². The van der Waals surface area contributed by atoms with E-state index >= 15 is 0 Å². The largest absolute Gasteiger partial charge is 0.340 e. The van der Waals surface area contributed by atoms with Gasteiger partial charge in [0.15, 0.2) is 17.1 Å². The first kappa shape index (κ1) is 9.06. The van der Waals surface area contributed by atoms with Gasteiger partial charge in [0, 0.05) is 0 Å². The Hall–Kier alpha value is -2.02. The minimum atomic E-state index is -0.338. The van der Waals surface area contributed by atoms with E-state index in [1.54, 1.807) is 12.7 Å². The topological polar surface area (TPSA) is 97.8 Å². The minimum Gasteiger partial charge on any atom is -0.340 e. The first-order chi connectivity index (χ1) is 8.28. The Morgan fingerprint density at radius 1 is 1.29 bits per heavy atom. The van der Waals surface area contributed by atoms with Crippen molar-refractivity contribution in [3.8, 4) is 0 Å². The maximum Gasteiger partial charge on any atom is 0.189 e. The number of imidazole rings is 1. The Labute approximate surface area is 96.1 Å². The zero-order chi connectivity index (χ0) is 11.5. The number of hydrogen-bond donors (Lipinski definition) is 2. The molecule has 0 aliphatic heterocycles. The number of aromatic nitrogens is 6. The summed E-state index contributed by atoms with van der Waals surface area (Å²) in [6, 6.07) is 0. The minimum absolute atomic E-state index is 0.338. The van der Waals surface area contributed by atoms with Crippen LogP contribution in [0, 0.1) is 0 Å². The Bertz CT molecular complexity index is 706. The molecule has 86 valence electrons. The molecule has 7 nitrogen and oxygen atoms in total. The number of hydrogen-bond acceptors (Lipinski definition) is 5. The number of aromatic amines is 1. The maximum absolute atomic E-state index is 6.28. The lowest BCUT2D eigenvalue weighted by molar-refractivity contribution is 0.236. The van der Waals surface area contributed by atoms with Gasteiger partial charge in [-0.25, -0.2) is 9.97 Å². The molecule has 0 radical (unpaired) electrons. The molecule has 4 rings (SSSR count). The lowest BCUT2D eigenvalue weighted by Gasteiger charge is -2.35. The Morgan fingerprint density at radius 3 is 2.94 bits per heavy atom. The third-order valence-electron chi connectivity index (χ3n) is 3.53. The number of fused-ring (bicyclic) bond motifs is 3. The quantitative estimate of drug-likeness (QED) is 0.627. The average Bonchev–Trinajstić information content (AvgIpc) is 2.90. The molecule has 0 spiro atoms. The first-order valence-corrected chi connectivity index (χ1v) is 5.60. The Balaban J connectivity index is 2.06. The molecule has 3 aromatic rings. The number of rotatable bonds is 1. The molecule has 3 heterocycles. The smallest absolute Gasteiger partial charge is 0.189 e. The molecule has 0 amide bonds. The lowest BCUT2D eigenvalue weighted by Crippen LogP contribution is -2.45. The highest BCUT2D eigenvalue weighted by Gasteiger charge is 2.39. The molecular formula is C10H11N7. The van der Waals surface area contributed by atoms with E-state index in [0.29, 0.717) is 5.65 Å². The Kier molecular flexibility index (Phi) is 1.49. The second kappa shape index (κ2) is 2.80. The van der Waals surface area contributed by atoms with Gasteiger partial charge in [-0.2, -0.15) is 0 Å². The van der Waals surface area contributed by atoms with Crippen molar-refractivity contribution >= 4 is 16.8 Å². The van der Waals surface area contributed by atoms with Gasteiger partial charge in [-0.15, -0.1) is 10.2 Å². The molecule has 0 unspecified atom stereocenters. The second-order valence-corrected chi connectivity index (χ2v) is 4.57. The van der Waals surface area contributed by atoms with Crippen molar-refractivity contribution in [2.75, 3.05) is 0 Å². The van der Waals surface area contributed by atoms with E-state index in [-0.39, 0.29) is 5.54 Å². The molecule has 1 fully saturated rings. The summed E-state index contributed by atoms with van der Waals surface area (Å²) in [6.07, 6.45) is 6.35. The zero-order valence-corrected chi connectivity index (χ0v) is 9.09. The number of H-pyrrole nitrogens is 1. The number of nitrogens with zero attached hydrogens (tertiary/aromatic N) is 5. The van der Waals surface area contributed by atoms with Crippen molar-refractivity contribution in [3.63, 3.8) is 0 Å². The molecule has 0 atom stereocenters. The van der Waals surface area contributed by atoms with Crippen LogP contribution in [-0.2, 0) is 5.54 Å². The van der Waals surface area contributed by atoms with Crippen LogP contribution in [0.1, 0.15) is 25.1 Å². The lowest BCUT2D eigenvalue weighted by atomic mass is 9.77. The monoisotopic (exact) mass is 229 g/mol. The predicted octanol–water partition coefficient (Wildman–Crippen LogP) is 0.338. The molecule has 1 aliphatic rings. The first-order valence-electron chi connectivity index (χ1n) is 5.60. The SMILES string of the molecule is NC1(c2nnc3c4[nH]cnc4ncn23)CCC1. The van der Waals surface area contributed by atoms with Gasteiger partial charge in [0.25, 0.3) is 0 Å². The summed E-state index contributed by atoms with van der Waals surface area (Å²) in [5.41, 5.74) is 8.12. The maximum atomic E-state index is 6.28. The normalized spacial score (nSPS) is 18.6. The summed E-state index contributed by atoms with van der Waals surface area (Å²) in [5, 5.41) is 8.41. The van der Waals surface area contributed by atoms with Crippen molar-refractivity contribution in [1.82, 2.24) is 29.5 Å². The van der Waals surface area contributed by atoms with Crippen LogP contribution in [-0.4, -0.2) is 29.5 Å². The molecular weight excluding hydrogens is 218 g/mol. The molecule has 1 saturated carbocycles. The fraction of sp³-hybridized carbons (Fsp3) is 0.400. The van der Waals surface area contributed by atoms with Gasteiger partial charge in [-0.3, -0.25) is 4.40 Å². The van der Waals surface area contributed by atoms with Gasteiger partial charge in [-0.05, 0) is 19.3 Å². The van der Waals surface area contributed by atoms with Crippen LogP contribution in [0.5, 0.6) is 0 Å². The average molecular weight is 229 g/mol. The third kappa shape index (κ3) is 1.04. The van der Waals surface area contributed by atoms with Crippen LogP contribution < -0.4 is 5.73 Å². The van der Waals surface area contributed by atoms with E-state index < -0.39 is 0 Å². The van der Waals surface area contributed by atoms with E-state index in [0.717, 1.165) is 36.3 Å². The zero-order valence-electron chi connectivity index (χ0n) is 9.09. The van der Waals surface area contributed by atoms with Gasteiger partial charge in [0.1, 0.15) is 11.8 Å². The molecule has 3 N–H and O–H groups in total. The summed E-state index contributed by atoms with van der Waals surface area (Å²) in [6.45, 7) is 0. The molecule has 0 saturated heterocycles. The fourth-order valence-electron chi connectivity index (χ4n) is 2.35. The van der Waals surface area contributed by atoms with E-state index in [2.05, 4.69) is 25.1 Å². The van der Waals surface area contributed by atoms with Crippen molar-refractivity contribution in [2.24, 2.45) is 5.73 Å². The van der Waals surface area contributed by atoms with Crippen LogP contribution in [0.4, 0.5) is 0 Å². The summed E-state index contributed by atoms with van der Waals surface area (Å²) in [7, 11) is 0.